The van der Waals surface area contributed by atoms with Gasteiger partial charge in [0.05, 0.1) is 9.80 Å². The molecule has 3 nitrogen and oxygen atoms in total. The first-order valence-corrected chi connectivity index (χ1v) is 6.67. The summed E-state index contributed by atoms with van der Waals surface area (Å²) in [5.74, 6) is 0. The first-order chi connectivity index (χ1) is 7.41. The standard InChI is InChI=1S/C11H12ClNO2S/c1-13(2)7-10-5-8-3-4-9(12)6-11(8)16(10,14)15/h3-6H,7H2,1-2H3. The van der Waals surface area contributed by atoms with Gasteiger partial charge in [0.2, 0.25) is 9.84 Å². The fraction of sp³-hybridized carbons (Fsp3) is 0.273. The van der Waals surface area contributed by atoms with Gasteiger partial charge in [0.1, 0.15) is 0 Å². The van der Waals surface area contributed by atoms with Crippen molar-refractivity contribution in [2.45, 2.75) is 4.90 Å². The fourth-order valence-corrected chi connectivity index (χ4v) is 3.64. The van der Waals surface area contributed by atoms with Gasteiger partial charge in [0.25, 0.3) is 0 Å². The molecule has 0 spiro atoms. The number of benzene rings is 1. The van der Waals surface area contributed by atoms with Gasteiger partial charge in [-0.3, -0.25) is 0 Å². The second-order valence-electron chi connectivity index (χ2n) is 4.03. The maximum atomic E-state index is 12.1. The minimum absolute atomic E-state index is 0.317. The first kappa shape index (κ1) is 11.6. The van der Waals surface area contributed by atoms with Crippen molar-refractivity contribution in [1.82, 2.24) is 4.90 Å². The predicted octanol–water partition coefficient (Wildman–Crippen LogP) is 2.03. The van der Waals surface area contributed by atoms with E-state index in [0.717, 1.165) is 5.56 Å². The van der Waals surface area contributed by atoms with Crippen LogP contribution < -0.4 is 0 Å². The second kappa shape index (κ2) is 3.87. The van der Waals surface area contributed by atoms with Crippen molar-refractivity contribution in [3.8, 4) is 0 Å². The number of halogens is 1. The third-order valence-corrected chi connectivity index (χ3v) is 4.50. The molecule has 0 N–H and O–H groups in total. The molecule has 0 fully saturated rings. The van der Waals surface area contributed by atoms with Gasteiger partial charge in [-0.25, -0.2) is 8.42 Å². The summed E-state index contributed by atoms with van der Waals surface area (Å²) in [5, 5.41) is 0.446. The van der Waals surface area contributed by atoms with Crippen LogP contribution in [0.25, 0.3) is 6.08 Å². The molecule has 1 aromatic carbocycles. The third-order valence-electron chi connectivity index (χ3n) is 2.40. The second-order valence-corrected chi connectivity index (χ2v) is 6.44. The molecule has 0 aliphatic carbocycles. The molecule has 5 heteroatoms. The van der Waals surface area contributed by atoms with E-state index >= 15 is 0 Å². The smallest absolute Gasteiger partial charge is 0.204 e. The highest BCUT2D eigenvalue weighted by atomic mass is 35.5. The highest BCUT2D eigenvalue weighted by molar-refractivity contribution is 7.95. The Bertz CT molecular complexity index is 561. The first-order valence-electron chi connectivity index (χ1n) is 4.81. The number of sulfone groups is 1. The molecule has 86 valence electrons. The largest absolute Gasteiger partial charge is 0.304 e. The van der Waals surface area contributed by atoms with E-state index < -0.39 is 9.84 Å². The van der Waals surface area contributed by atoms with Gasteiger partial charge in [0, 0.05) is 11.6 Å². The van der Waals surface area contributed by atoms with E-state index in [1.54, 1.807) is 18.2 Å². The number of fused-ring (bicyclic) bond motifs is 1. The van der Waals surface area contributed by atoms with Gasteiger partial charge in [-0.15, -0.1) is 0 Å². The summed E-state index contributed by atoms with van der Waals surface area (Å²) in [6, 6.07) is 4.94. The lowest BCUT2D eigenvalue weighted by atomic mass is 10.2. The lowest BCUT2D eigenvalue weighted by Crippen LogP contribution is -2.18. The topological polar surface area (TPSA) is 37.4 Å². The molecule has 1 heterocycles. The van der Waals surface area contributed by atoms with Crippen LogP contribution in [-0.2, 0) is 9.84 Å². The molecular weight excluding hydrogens is 246 g/mol. The Morgan fingerprint density at radius 3 is 2.62 bits per heavy atom. The van der Waals surface area contributed by atoms with E-state index in [0.29, 0.717) is 21.4 Å². The third kappa shape index (κ3) is 1.88. The normalized spacial score (nSPS) is 17.4. The van der Waals surface area contributed by atoms with Crippen LogP contribution in [0.4, 0.5) is 0 Å². The summed E-state index contributed by atoms with van der Waals surface area (Å²) in [6.45, 7) is 0.411. The fourth-order valence-electron chi connectivity index (χ4n) is 1.69. The Labute approximate surface area is 100 Å². The molecule has 0 radical (unpaired) electrons. The number of rotatable bonds is 2. The Morgan fingerprint density at radius 2 is 2.00 bits per heavy atom. The Morgan fingerprint density at radius 1 is 1.31 bits per heavy atom. The molecular formula is C11H12ClNO2S. The van der Waals surface area contributed by atoms with E-state index in [1.807, 2.05) is 19.0 Å². The SMILES string of the molecule is CN(C)CC1=Cc2ccc(Cl)cc2S1(=O)=O. The van der Waals surface area contributed by atoms with Gasteiger partial charge in [-0.2, -0.15) is 0 Å². The average Bonchev–Trinajstić information content (AvgIpc) is 2.40. The van der Waals surface area contributed by atoms with E-state index in [1.165, 1.54) is 6.07 Å². The molecule has 1 aromatic rings. The lowest BCUT2D eigenvalue weighted by Gasteiger charge is -2.10. The Balaban J connectivity index is 2.52. The molecule has 0 atom stereocenters. The van der Waals surface area contributed by atoms with E-state index in [9.17, 15) is 8.42 Å². The van der Waals surface area contributed by atoms with Gasteiger partial charge >= 0.3 is 0 Å². The maximum Gasteiger partial charge on any atom is 0.204 e. The van der Waals surface area contributed by atoms with Crippen LogP contribution in [-0.4, -0.2) is 34.0 Å². The number of nitrogens with zero attached hydrogens (tertiary/aromatic N) is 1. The van der Waals surface area contributed by atoms with Crippen LogP contribution in [0, 0.1) is 0 Å². The Kier molecular flexibility index (Phi) is 2.82. The summed E-state index contributed by atoms with van der Waals surface area (Å²) in [5.41, 5.74) is 0.723. The summed E-state index contributed by atoms with van der Waals surface area (Å²) in [7, 11) is 0.350. The van der Waals surface area contributed by atoms with E-state index in [-0.39, 0.29) is 0 Å². The van der Waals surface area contributed by atoms with Gasteiger partial charge in [-0.05, 0) is 37.9 Å². The lowest BCUT2D eigenvalue weighted by molar-refractivity contribution is 0.451. The molecule has 0 unspecified atom stereocenters. The van der Waals surface area contributed by atoms with Crippen molar-refractivity contribution >= 4 is 27.5 Å². The zero-order valence-corrected chi connectivity index (χ0v) is 10.6. The zero-order valence-electron chi connectivity index (χ0n) is 9.07. The van der Waals surface area contributed by atoms with Crippen molar-refractivity contribution in [1.29, 1.82) is 0 Å². The number of hydrogen-bond donors (Lipinski definition) is 0. The molecule has 1 aliphatic rings. The summed E-state index contributed by atoms with van der Waals surface area (Å²) < 4.78 is 24.2. The van der Waals surface area contributed by atoms with Crippen molar-refractivity contribution in [2.24, 2.45) is 0 Å². The molecule has 16 heavy (non-hydrogen) atoms. The van der Waals surface area contributed by atoms with Crippen LogP contribution in [0.3, 0.4) is 0 Å². The molecule has 0 aromatic heterocycles. The van der Waals surface area contributed by atoms with Gasteiger partial charge in [-0.1, -0.05) is 17.7 Å². The van der Waals surface area contributed by atoms with Gasteiger partial charge < -0.3 is 4.90 Å². The molecule has 0 amide bonds. The van der Waals surface area contributed by atoms with Crippen molar-refractivity contribution in [2.75, 3.05) is 20.6 Å². The monoisotopic (exact) mass is 257 g/mol. The number of hydrogen-bond acceptors (Lipinski definition) is 3. The zero-order chi connectivity index (χ0) is 11.9. The van der Waals surface area contributed by atoms with Crippen molar-refractivity contribution in [3.63, 3.8) is 0 Å². The van der Waals surface area contributed by atoms with Crippen LogP contribution in [0.5, 0.6) is 0 Å². The van der Waals surface area contributed by atoms with E-state index in [4.69, 9.17) is 11.6 Å². The molecule has 0 saturated carbocycles. The maximum absolute atomic E-state index is 12.1. The van der Waals surface area contributed by atoms with Gasteiger partial charge in [0.15, 0.2) is 0 Å². The van der Waals surface area contributed by atoms with Crippen LogP contribution in [0.1, 0.15) is 5.56 Å². The van der Waals surface area contributed by atoms with Crippen LogP contribution >= 0.6 is 11.6 Å². The van der Waals surface area contributed by atoms with Crippen LogP contribution in [0.15, 0.2) is 28.0 Å². The predicted molar refractivity (Wildman–Crippen MR) is 65.2 cm³/mol. The minimum Gasteiger partial charge on any atom is -0.304 e. The quantitative estimate of drug-likeness (QED) is 0.814. The molecule has 0 saturated heterocycles. The number of likely N-dealkylation sites (N-methyl/N-ethyl adjacent to an activating group) is 1. The van der Waals surface area contributed by atoms with E-state index in [2.05, 4.69) is 0 Å². The Hall–Kier alpha value is -0.840. The van der Waals surface area contributed by atoms with Crippen LogP contribution in [0.2, 0.25) is 5.02 Å². The van der Waals surface area contributed by atoms with Crippen molar-refractivity contribution < 1.29 is 8.42 Å². The average molecular weight is 258 g/mol. The molecule has 2 rings (SSSR count). The molecule has 1 aliphatic heterocycles. The molecule has 0 bridgehead atoms. The minimum atomic E-state index is -3.33. The highest BCUT2D eigenvalue weighted by Gasteiger charge is 2.29. The summed E-state index contributed by atoms with van der Waals surface area (Å²) in [4.78, 5) is 2.57. The summed E-state index contributed by atoms with van der Waals surface area (Å²) in [6.07, 6.45) is 1.71. The van der Waals surface area contributed by atoms with Crippen molar-refractivity contribution in [3.05, 3.63) is 33.7 Å². The highest BCUT2D eigenvalue weighted by Crippen LogP contribution is 2.34. The summed E-state index contributed by atoms with van der Waals surface area (Å²) >= 11 is 5.81.